The van der Waals surface area contributed by atoms with E-state index in [2.05, 4.69) is 10.2 Å². The lowest BCUT2D eigenvalue weighted by Gasteiger charge is -2.36. The molecular weight excluding hydrogens is 368 g/mol. The van der Waals surface area contributed by atoms with Crippen molar-refractivity contribution in [3.05, 3.63) is 0 Å². The predicted octanol–water partition coefficient (Wildman–Crippen LogP) is 0.268. The van der Waals surface area contributed by atoms with Gasteiger partial charge in [-0.3, -0.25) is 9.69 Å². The van der Waals surface area contributed by atoms with E-state index in [0.717, 1.165) is 71.4 Å². The third-order valence-corrected chi connectivity index (χ3v) is 7.78. The summed E-state index contributed by atoms with van der Waals surface area (Å²) in [6, 6.07) is 0. The summed E-state index contributed by atoms with van der Waals surface area (Å²) in [4.78, 5) is 14.9. The Hall–Kier alpha value is -0.740. The van der Waals surface area contributed by atoms with Gasteiger partial charge in [0.1, 0.15) is 0 Å². The summed E-state index contributed by atoms with van der Waals surface area (Å²) >= 11 is 0. The minimum absolute atomic E-state index is 0.00415. The first-order valence-electron chi connectivity index (χ1n) is 10.4. The number of ether oxygens (including phenoxy) is 1. The molecule has 8 nitrogen and oxygen atoms in total. The van der Waals surface area contributed by atoms with Crippen molar-refractivity contribution in [2.75, 3.05) is 65.6 Å². The second-order valence-electron chi connectivity index (χ2n) is 7.76. The molecule has 1 N–H and O–H groups in total. The lowest BCUT2D eigenvalue weighted by atomic mass is 9.99. The molecule has 0 bridgehead atoms. The van der Waals surface area contributed by atoms with E-state index in [9.17, 15) is 13.2 Å². The Labute approximate surface area is 163 Å². The van der Waals surface area contributed by atoms with Gasteiger partial charge in [0.05, 0.1) is 19.1 Å². The normalized spacial score (nSPS) is 26.7. The number of rotatable bonds is 7. The van der Waals surface area contributed by atoms with Gasteiger partial charge in [0.25, 0.3) is 10.2 Å². The number of carbonyl (C=O) groups is 1. The molecule has 0 aromatic rings. The van der Waals surface area contributed by atoms with Crippen LogP contribution in [-0.4, -0.2) is 93.4 Å². The van der Waals surface area contributed by atoms with E-state index < -0.39 is 10.2 Å². The third-order valence-electron chi connectivity index (χ3n) is 5.78. The molecule has 0 radical (unpaired) electrons. The SMILES string of the molecule is O=C(NCCCN1CCOCC1)[C@@H]1CCCN(S(=O)(=O)N2CCCCC2)C1. The molecule has 0 aromatic carbocycles. The number of hydrogen-bond donors (Lipinski definition) is 1. The summed E-state index contributed by atoms with van der Waals surface area (Å²) in [7, 11) is -3.42. The molecule has 1 amide bonds. The highest BCUT2D eigenvalue weighted by Gasteiger charge is 2.36. The van der Waals surface area contributed by atoms with Crippen molar-refractivity contribution in [3.8, 4) is 0 Å². The fraction of sp³-hybridized carbons (Fsp3) is 0.944. The first kappa shape index (κ1) is 21.0. The van der Waals surface area contributed by atoms with Crippen LogP contribution in [0.3, 0.4) is 0 Å². The highest BCUT2D eigenvalue weighted by molar-refractivity contribution is 7.86. The summed E-state index contributed by atoms with van der Waals surface area (Å²) in [5.41, 5.74) is 0. The average molecular weight is 403 g/mol. The van der Waals surface area contributed by atoms with Gasteiger partial charge in [-0.15, -0.1) is 0 Å². The van der Waals surface area contributed by atoms with Gasteiger partial charge in [-0.25, -0.2) is 0 Å². The van der Waals surface area contributed by atoms with E-state index in [1.54, 1.807) is 4.31 Å². The van der Waals surface area contributed by atoms with Crippen LogP contribution in [0.5, 0.6) is 0 Å². The second-order valence-corrected chi connectivity index (χ2v) is 9.69. The van der Waals surface area contributed by atoms with Crippen LogP contribution < -0.4 is 5.32 Å². The predicted molar refractivity (Wildman–Crippen MR) is 104 cm³/mol. The first-order valence-corrected chi connectivity index (χ1v) is 11.8. The molecule has 0 aliphatic carbocycles. The van der Waals surface area contributed by atoms with E-state index in [4.69, 9.17) is 4.74 Å². The lowest BCUT2D eigenvalue weighted by Crippen LogP contribution is -2.51. The van der Waals surface area contributed by atoms with Crippen molar-refractivity contribution in [2.45, 2.75) is 38.5 Å². The van der Waals surface area contributed by atoms with E-state index >= 15 is 0 Å². The maximum absolute atomic E-state index is 12.8. The zero-order valence-electron chi connectivity index (χ0n) is 16.3. The molecule has 0 spiro atoms. The zero-order valence-corrected chi connectivity index (χ0v) is 17.1. The van der Waals surface area contributed by atoms with Crippen molar-refractivity contribution in [2.24, 2.45) is 5.92 Å². The fourth-order valence-corrected chi connectivity index (χ4v) is 5.88. The summed E-state index contributed by atoms with van der Waals surface area (Å²) in [6.45, 7) is 7.16. The van der Waals surface area contributed by atoms with Crippen LogP contribution in [-0.2, 0) is 19.7 Å². The summed E-state index contributed by atoms with van der Waals surface area (Å²) in [5, 5.41) is 3.01. The van der Waals surface area contributed by atoms with Gasteiger partial charge in [0.2, 0.25) is 5.91 Å². The van der Waals surface area contributed by atoms with Crippen LogP contribution in [0, 0.1) is 5.92 Å². The Balaban J connectivity index is 1.42. The molecule has 0 unspecified atom stereocenters. The standard InChI is InChI=1S/C18H34N4O4S/c23-18(19-7-5-8-20-12-14-26-15-13-20)17-6-4-11-22(16-17)27(24,25)21-9-2-1-3-10-21/h17H,1-16H2,(H,19,23)/t17-/m1/s1. The van der Waals surface area contributed by atoms with Gasteiger partial charge in [-0.2, -0.15) is 17.0 Å². The number of nitrogens with zero attached hydrogens (tertiary/aromatic N) is 3. The van der Waals surface area contributed by atoms with Crippen LogP contribution >= 0.6 is 0 Å². The summed E-state index contributed by atoms with van der Waals surface area (Å²) in [5.74, 6) is -0.239. The topological polar surface area (TPSA) is 82.2 Å². The third kappa shape index (κ3) is 5.87. The van der Waals surface area contributed by atoms with Gasteiger partial charge in [0, 0.05) is 45.8 Å². The van der Waals surface area contributed by atoms with E-state index in [0.29, 0.717) is 32.7 Å². The Bertz CT molecular complexity index is 574. The van der Waals surface area contributed by atoms with Crippen molar-refractivity contribution >= 4 is 16.1 Å². The Morgan fingerprint density at radius 1 is 0.963 bits per heavy atom. The van der Waals surface area contributed by atoms with Crippen LogP contribution in [0.4, 0.5) is 0 Å². The van der Waals surface area contributed by atoms with Crippen molar-refractivity contribution in [1.82, 2.24) is 18.8 Å². The minimum atomic E-state index is -3.42. The van der Waals surface area contributed by atoms with Gasteiger partial charge in [-0.05, 0) is 38.6 Å². The average Bonchev–Trinajstić information content (AvgIpc) is 2.72. The van der Waals surface area contributed by atoms with Crippen LogP contribution in [0.25, 0.3) is 0 Å². The molecule has 27 heavy (non-hydrogen) atoms. The highest BCUT2D eigenvalue weighted by Crippen LogP contribution is 2.23. The summed E-state index contributed by atoms with van der Waals surface area (Å²) in [6.07, 6.45) is 5.39. The molecule has 3 fully saturated rings. The van der Waals surface area contributed by atoms with E-state index in [1.165, 1.54) is 4.31 Å². The Kier molecular flexibility index (Phi) is 7.89. The van der Waals surface area contributed by atoms with Crippen LogP contribution in [0.2, 0.25) is 0 Å². The smallest absolute Gasteiger partial charge is 0.281 e. The molecule has 0 aromatic heterocycles. The fourth-order valence-electron chi connectivity index (χ4n) is 4.11. The zero-order chi connectivity index (χ0) is 19.1. The van der Waals surface area contributed by atoms with Gasteiger partial charge in [0.15, 0.2) is 0 Å². The number of hydrogen-bond acceptors (Lipinski definition) is 5. The molecule has 3 aliphatic rings. The van der Waals surface area contributed by atoms with Crippen molar-refractivity contribution in [3.63, 3.8) is 0 Å². The van der Waals surface area contributed by atoms with Gasteiger partial charge >= 0.3 is 0 Å². The number of piperidine rings is 2. The number of amides is 1. The van der Waals surface area contributed by atoms with Gasteiger partial charge < -0.3 is 10.1 Å². The molecule has 3 heterocycles. The van der Waals surface area contributed by atoms with E-state index in [1.807, 2.05) is 0 Å². The van der Waals surface area contributed by atoms with Crippen molar-refractivity contribution in [1.29, 1.82) is 0 Å². The lowest BCUT2D eigenvalue weighted by molar-refractivity contribution is -0.126. The van der Waals surface area contributed by atoms with Crippen molar-refractivity contribution < 1.29 is 17.9 Å². The van der Waals surface area contributed by atoms with E-state index in [-0.39, 0.29) is 11.8 Å². The summed E-state index contributed by atoms with van der Waals surface area (Å²) < 4.78 is 34.2. The maximum Gasteiger partial charge on any atom is 0.281 e. The minimum Gasteiger partial charge on any atom is -0.379 e. The molecule has 156 valence electrons. The number of nitrogens with one attached hydrogen (secondary N) is 1. The molecule has 9 heteroatoms. The number of carbonyl (C=O) groups excluding carboxylic acids is 1. The quantitative estimate of drug-likeness (QED) is 0.618. The van der Waals surface area contributed by atoms with Crippen LogP contribution in [0.15, 0.2) is 0 Å². The Morgan fingerprint density at radius 2 is 1.67 bits per heavy atom. The largest absolute Gasteiger partial charge is 0.379 e. The molecule has 0 saturated carbocycles. The van der Waals surface area contributed by atoms with Gasteiger partial charge in [-0.1, -0.05) is 6.42 Å². The van der Waals surface area contributed by atoms with Crippen LogP contribution in [0.1, 0.15) is 38.5 Å². The molecular formula is C18H34N4O4S. The molecule has 3 aliphatic heterocycles. The molecule has 1 atom stereocenters. The molecule has 3 saturated heterocycles. The Morgan fingerprint density at radius 3 is 2.41 bits per heavy atom. The monoisotopic (exact) mass is 402 g/mol. The number of morpholine rings is 1. The molecule has 3 rings (SSSR count). The maximum atomic E-state index is 12.8. The highest BCUT2D eigenvalue weighted by atomic mass is 32.2. The first-order chi connectivity index (χ1) is 13.1. The second kappa shape index (κ2) is 10.2.